The van der Waals surface area contributed by atoms with Crippen LogP contribution in [0.15, 0.2) is 65.8 Å². The van der Waals surface area contributed by atoms with Crippen molar-refractivity contribution < 1.29 is 19.0 Å². The van der Waals surface area contributed by atoms with Crippen LogP contribution < -0.4 is 19.6 Å². The lowest BCUT2D eigenvalue weighted by Crippen LogP contribution is -2.24. The molecule has 0 aliphatic heterocycles. The van der Waals surface area contributed by atoms with E-state index in [1.54, 1.807) is 38.6 Å². The summed E-state index contributed by atoms with van der Waals surface area (Å²) in [7, 11) is 3.14. The number of ether oxygens (including phenoxy) is 3. The van der Waals surface area contributed by atoms with Crippen molar-refractivity contribution in [2.45, 2.75) is 0 Å². The van der Waals surface area contributed by atoms with E-state index in [0.717, 1.165) is 16.3 Å². The van der Waals surface area contributed by atoms with Gasteiger partial charge in [0.1, 0.15) is 5.75 Å². The topological polar surface area (TPSA) is 69.2 Å². The maximum Gasteiger partial charge on any atom is 0.277 e. The van der Waals surface area contributed by atoms with Gasteiger partial charge in [0.25, 0.3) is 5.91 Å². The number of fused-ring (bicyclic) bond motifs is 1. The smallest absolute Gasteiger partial charge is 0.277 e. The Kier molecular flexibility index (Phi) is 5.89. The molecule has 27 heavy (non-hydrogen) atoms. The van der Waals surface area contributed by atoms with Crippen LogP contribution >= 0.6 is 0 Å². The van der Waals surface area contributed by atoms with Crippen molar-refractivity contribution in [2.75, 3.05) is 20.8 Å². The number of nitrogens with zero attached hydrogens (tertiary/aromatic N) is 1. The highest BCUT2D eigenvalue weighted by Crippen LogP contribution is 2.26. The number of hydrogen-bond acceptors (Lipinski definition) is 5. The van der Waals surface area contributed by atoms with E-state index in [1.165, 1.54) is 0 Å². The van der Waals surface area contributed by atoms with E-state index in [0.29, 0.717) is 17.2 Å². The summed E-state index contributed by atoms with van der Waals surface area (Å²) in [6.45, 7) is -0.176. The van der Waals surface area contributed by atoms with E-state index in [2.05, 4.69) is 10.5 Å². The molecule has 1 N–H and O–H groups in total. The van der Waals surface area contributed by atoms with Crippen LogP contribution in [0.25, 0.3) is 10.8 Å². The molecule has 0 bridgehead atoms. The van der Waals surface area contributed by atoms with Crippen molar-refractivity contribution in [2.24, 2.45) is 5.10 Å². The minimum atomic E-state index is -0.378. The predicted octanol–water partition coefficient (Wildman–Crippen LogP) is 3.39. The second kappa shape index (κ2) is 8.71. The Morgan fingerprint density at radius 1 is 0.926 bits per heavy atom. The first-order valence-electron chi connectivity index (χ1n) is 8.36. The summed E-state index contributed by atoms with van der Waals surface area (Å²) in [6, 6.07) is 18.9. The van der Waals surface area contributed by atoms with Crippen LogP contribution in [0.5, 0.6) is 17.2 Å². The SMILES string of the molecule is COc1ccccc1OCC(=O)N/N=C/c1c(OC)ccc2ccccc12. The minimum Gasteiger partial charge on any atom is -0.496 e. The standard InChI is InChI=1S/C21H20N2O4/c1-25-18-12-11-15-7-3-4-8-16(15)17(18)13-22-23-21(24)14-27-20-10-6-5-9-19(20)26-2/h3-13H,14H2,1-2H3,(H,23,24)/b22-13+. The molecule has 0 unspecified atom stereocenters. The molecule has 6 nitrogen and oxygen atoms in total. The maximum absolute atomic E-state index is 12.0. The lowest BCUT2D eigenvalue weighted by Gasteiger charge is -2.09. The van der Waals surface area contributed by atoms with Crippen LogP contribution in [0.4, 0.5) is 0 Å². The summed E-state index contributed by atoms with van der Waals surface area (Å²) < 4.78 is 16.1. The zero-order chi connectivity index (χ0) is 19.1. The van der Waals surface area contributed by atoms with E-state index in [9.17, 15) is 4.79 Å². The summed E-state index contributed by atoms with van der Waals surface area (Å²) in [5, 5.41) is 6.09. The summed E-state index contributed by atoms with van der Waals surface area (Å²) in [6.07, 6.45) is 1.57. The molecule has 3 aromatic carbocycles. The lowest BCUT2D eigenvalue weighted by molar-refractivity contribution is -0.123. The van der Waals surface area contributed by atoms with Gasteiger partial charge < -0.3 is 14.2 Å². The maximum atomic E-state index is 12.0. The van der Waals surface area contributed by atoms with Gasteiger partial charge in [0.15, 0.2) is 18.1 Å². The van der Waals surface area contributed by atoms with E-state index in [-0.39, 0.29) is 12.5 Å². The molecule has 3 aromatic rings. The van der Waals surface area contributed by atoms with Gasteiger partial charge in [-0.1, -0.05) is 42.5 Å². The highest BCUT2D eigenvalue weighted by Gasteiger charge is 2.08. The van der Waals surface area contributed by atoms with Crippen molar-refractivity contribution in [1.29, 1.82) is 0 Å². The third kappa shape index (κ3) is 4.36. The Labute approximate surface area is 157 Å². The lowest BCUT2D eigenvalue weighted by atomic mass is 10.0. The number of carbonyl (C=O) groups is 1. The average Bonchev–Trinajstić information content (AvgIpc) is 2.72. The van der Waals surface area contributed by atoms with Gasteiger partial charge in [-0.25, -0.2) is 5.43 Å². The fourth-order valence-electron chi connectivity index (χ4n) is 2.67. The van der Waals surface area contributed by atoms with Gasteiger partial charge in [-0.15, -0.1) is 0 Å². The van der Waals surface area contributed by atoms with Crippen molar-refractivity contribution in [1.82, 2.24) is 5.43 Å². The molecule has 0 aliphatic rings. The second-order valence-corrected chi connectivity index (χ2v) is 5.64. The molecule has 0 aliphatic carbocycles. The summed E-state index contributed by atoms with van der Waals surface area (Å²) in [5.41, 5.74) is 3.26. The van der Waals surface area contributed by atoms with Crippen molar-refractivity contribution in [3.05, 3.63) is 66.2 Å². The van der Waals surface area contributed by atoms with Gasteiger partial charge in [0.05, 0.1) is 20.4 Å². The molecule has 138 valence electrons. The molecule has 0 saturated carbocycles. The average molecular weight is 364 g/mol. The summed E-state index contributed by atoms with van der Waals surface area (Å²) in [4.78, 5) is 12.0. The third-order valence-electron chi connectivity index (χ3n) is 3.96. The first-order chi connectivity index (χ1) is 13.2. The third-order valence-corrected chi connectivity index (χ3v) is 3.96. The summed E-state index contributed by atoms with van der Waals surface area (Å²) >= 11 is 0. The molecule has 1 amide bonds. The number of benzene rings is 3. The molecule has 0 radical (unpaired) electrons. The molecule has 0 fully saturated rings. The molecular formula is C21H20N2O4. The number of rotatable bonds is 7. The molecule has 0 atom stereocenters. The normalized spacial score (nSPS) is 10.7. The molecule has 0 saturated heterocycles. The molecular weight excluding hydrogens is 344 g/mol. The highest BCUT2D eigenvalue weighted by atomic mass is 16.5. The van der Waals surface area contributed by atoms with Crippen molar-refractivity contribution in [3.8, 4) is 17.2 Å². The van der Waals surface area contributed by atoms with Crippen molar-refractivity contribution >= 4 is 22.9 Å². The largest absolute Gasteiger partial charge is 0.496 e. The van der Waals surface area contributed by atoms with Crippen LogP contribution in [0, 0.1) is 0 Å². The summed E-state index contributed by atoms with van der Waals surface area (Å²) in [5.74, 6) is 1.36. The molecule has 3 rings (SSSR count). The first-order valence-corrected chi connectivity index (χ1v) is 8.36. The van der Waals surface area contributed by atoms with Crippen molar-refractivity contribution in [3.63, 3.8) is 0 Å². The van der Waals surface area contributed by atoms with Crippen LogP contribution in [-0.4, -0.2) is 32.9 Å². The zero-order valence-electron chi connectivity index (χ0n) is 15.1. The fourth-order valence-corrected chi connectivity index (χ4v) is 2.67. The zero-order valence-corrected chi connectivity index (χ0v) is 15.1. The van der Waals surface area contributed by atoms with Gasteiger partial charge >= 0.3 is 0 Å². The van der Waals surface area contributed by atoms with Gasteiger partial charge in [-0.3, -0.25) is 4.79 Å². The molecule has 6 heteroatoms. The van der Waals surface area contributed by atoms with Crippen LogP contribution in [0.2, 0.25) is 0 Å². The Morgan fingerprint density at radius 2 is 1.63 bits per heavy atom. The van der Waals surface area contributed by atoms with E-state index < -0.39 is 0 Å². The number of hydrogen-bond donors (Lipinski definition) is 1. The number of carbonyl (C=O) groups excluding carboxylic acids is 1. The van der Waals surface area contributed by atoms with Gasteiger partial charge in [-0.05, 0) is 29.0 Å². The fraction of sp³-hybridized carbons (Fsp3) is 0.143. The predicted molar refractivity (Wildman–Crippen MR) is 105 cm³/mol. The Bertz CT molecular complexity index is 969. The quantitative estimate of drug-likeness (QED) is 0.515. The second-order valence-electron chi connectivity index (χ2n) is 5.64. The number of para-hydroxylation sites is 2. The molecule has 0 aromatic heterocycles. The Hall–Kier alpha value is -3.54. The minimum absolute atomic E-state index is 0.176. The van der Waals surface area contributed by atoms with E-state index >= 15 is 0 Å². The number of hydrazone groups is 1. The van der Waals surface area contributed by atoms with E-state index in [1.807, 2.05) is 42.5 Å². The monoisotopic (exact) mass is 364 g/mol. The number of amides is 1. The van der Waals surface area contributed by atoms with Gasteiger partial charge in [-0.2, -0.15) is 5.10 Å². The van der Waals surface area contributed by atoms with Crippen LogP contribution in [0.1, 0.15) is 5.56 Å². The van der Waals surface area contributed by atoms with E-state index in [4.69, 9.17) is 14.2 Å². The first kappa shape index (κ1) is 18.3. The highest BCUT2D eigenvalue weighted by molar-refractivity contribution is 6.02. The Balaban J connectivity index is 1.67. The van der Waals surface area contributed by atoms with Gasteiger partial charge in [0.2, 0.25) is 0 Å². The number of nitrogens with one attached hydrogen (secondary N) is 1. The van der Waals surface area contributed by atoms with Crippen LogP contribution in [-0.2, 0) is 4.79 Å². The Morgan fingerprint density at radius 3 is 2.41 bits per heavy atom. The molecule has 0 heterocycles. The molecule has 0 spiro atoms. The van der Waals surface area contributed by atoms with Crippen LogP contribution in [0.3, 0.4) is 0 Å². The van der Waals surface area contributed by atoms with Gasteiger partial charge in [0, 0.05) is 5.56 Å². The number of methoxy groups -OCH3 is 2.